The zero-order valence-electron chi connectivity index (χ0n) is 15.1. The van der Waals surface area contributed by atoms with Gasteiger partial charge >= 0.3 is 0 Å². The summed E-state index contributed by atoms with van der Waals surface area (Å²) in [6.45, 7) is 2.11. The van der Waals surface area contributed by atoms with Gasteiger partial charge < -0.3 is 10.2 Å². The minimum Gasteiger partial charge on any atom is -0.341 e. The lowest BCUT2D eigenvalue weighted by Gasteiger charge is -2.17. The van der Waals surface area contributed by atoms with Gasteiger partial charge in [0.1, 0.15) is 0 Å². The summed E-state index contributed by atoms with van der Waals surface area (Å²) in [5.41, 5.74) is 1.19. The van der Waals surface area contributed by atoms with Gasteiger partial charge in [0.15, 0.2) is 5.16 Å². The normalized spacial score (nSPS) is 16.3. The molecule has 7 nitrogen and oxygen atoms in total. The van der Waals surface area contributed by atoms with Crippen LogP contribution < -0.4 is 10.2 Å². The molecule has 1 amide bonds. The maximum atomic E-state index is 12.2. The standard InChI is InChI=1S/C19H22N6OS/c20-13-14-4-3-5-15(12-14)21-17(26)8-11-27-19-23-22-18(24-9-1-2-10-24)25(19)16-6-7-16/h3-5,12,16H,1-2,6-11H2,(H,21,26). The summed E-state index contributed by atoms with van der Waals surface area (Å²) in [5.74, 6) is 1.58. The van der Waals surface area contributed by atoms with E-state index in [1.54, 1.807) is 36.0 Å². The number of rotatable bonds is 7. The first-order chi connectivity index (χ1) is 13.2. The summed E-state index contributed by atoms with van der Waals surface area (Å²) in [4.78, 5) is 14.5. The second-order valence-electron chi connectivity index (χ2n) is 6.92. The maximum Gasteiger partial charge on any atom is 0.228 e. The smallest absolute Gasteiger partial charge is 0.228 e. The molecule has 4 rings (SSSR count). The largest absolute Gasteiger partial charge is 0.341 e. The third-order valence-electron chi connectivity index (χ3n) is 4.78. The number of nitrogens with one attached hydrogen (secondary N) is 1. The average Bonchev–Trinajstić information content (AvgIpc) is 3.19. The summed E-state index contributed by atoms with van der Waals surface area (Å²) in [5, 5.41) is 21.5. The van der Waals surface area contributed by atoms with Gasteiger partial charge in [-0.2, -0.15) is 5.26 Å². The Morgan fingerprint density at radius 3 is 2.85 bits per heavy atom. The van der Waals surface area contributed by atoms with Crippen LogP contribution in [0.1, 0.15) is 43.7 Å². The molecule has 27 heavy (non-hydrogen) atoms. The van der Waals surface area contributed by atoms with Crippen molar-refractivity contribution in [3.05, 3.63) is 29.8 Å². The SMILES string of the molecule is N#Cc1cccc(NC(=O)CCSc2nnc(N3CCCC3)n2C2CC2)c1. The molecule has 1 N–H and O–H groups in total. The molecule has 1 aliphatic carbocycles. The van der Waals surface area contributed by atoms with Gasteiger partial charge in [0.2, 0.25) is 11.9 Å². The van der Waals surface area contributed by atoms with Gasteiger partial charge in [-0.25, -0.2) is 0 Å². The molecule has 1 aliphatic heterocycles. The fraction of sp³-hybridized carbons (Fsp3) is 0.474. The lowest BCUT2D eigenvalue weighted by atomic mass is 10.2. The summed E-state index contributed by atoms with van der Waals surface area (Å²) in [6.07, 6.45) is 5.18. The molecule has 1 aromatic carbocycles. The molecule has 0 atom stereocenters. The van der Waals surface area contributed by atoms with E-state index >= 15 is 0 Å². The van der Waals surface area contributed by atoms with Gasteiger partial charge in [0.25, 0.3) is 0 Å². The van der Waals surface area contributed by atoms with Crippen molar-refractivity contribution >= 4 is 29.3 Å². The van der Waals surface area contributed by atoms with E-state index in [2.05, 4.69) is 31.1 Å². The molecule has 140 valence electrons. The molecule has 0 unspecified atom stereocenters. The number of aromatic nitrogens is 3. The van der Waals surface area contributed by atoms with E-state index in [0.717, 1.165) is 24.2 Å². The number of hydrogen-bond donors (Lipinski definition) is 1. The van der Waals surface area contributed by atoms with E-state index in [4.69, 9.17) is 5.26 Å². The van der Waals surface area contributed by atoms with Gasteiger partial charge in [-0.1, -0.05) is 17.8 Å². The molecule has 1 aromatic heterocycles. The van der Waals surface area contributed by atoms with Crippen LogP contribution in [0.3, 0.4) is 0 Å². The second-order valence-corrected chi connectivity index (χ2v) is 7.98. The minimum absolute atomic E-state index is 0.0603. The first-order valence-electron chi connectivity index (χ1n) is 9.37. The van der Waals surface area contributed by atoms with Crippen molar-refractivity contribution in [2.75, 3.05) is 29.1 Å². The van der Waals surface area contributed by atoms with Crippen molar-refractivity contribution in [3.63, 3.8) is 0 Å². The molecule has 2 heterocycles. The summed E-state index contributed by atoms with van der Waals surface area (Å²) >= 11 is 1.59. The number of carbonyl (C=O) groups is 1. The first-order valence-corrected chi connectivity index (χ1v) is 10.4. The Morgan fingerprint density at radius 1 is 1.30 bits per heavy atom. The Balaban J connectivity index is 1.33. The van der Waals surface area contributed by atoms with Crippen LogP contribution >= 0.6 is 11.8 Å². The number of thioether (sulfide) groups is 1. The van der Waals surface area contributed by atoms with E-state index in [-0.39, 0.29) is 5.91 Å². The predicted molar refractivity (Wildman–Crippen MR) is 105 cm³/mol. The molecular formula is C19H22N6OS. The zero-order valence-corrected chi connectivity index (χ0v) is 15.9. The molecule has 0 bridgehead atoms. The fourth-order valence-electron chi connectivity index (χ4n) is 3.28. The number of amides is 1. The number of hydrogen-bond acceptors (Lipinski definition) is 6. The predicted octanol–water partition coefficient (Wildman–Crippen LogP) is 3.21. The number of benzene rings is 1. The highest BCUT2D eigenvalue weighted by molar-refractivity contribution is 7.99. The average molecular weight is 382 g/mol. The van der Waals surface area contributed by atoms with Crippen LogP contribution in [0, 0.1) is 11.3 Å². The first kappa shape index (κ1) is 17.9. The minimum atomic E-state index is -0.0603. The van der Waals surface area contributed by atoms with Crippen LogP contribution in [0.25, 0.3) is 0 Å². The van der Waals surface area contributed by atoms with Crippen LogP contribution in [-0.2, 0) is 4.79 Å². The van der Waals surface area contributed by atoms with Crippen molar-refractivity contribution in [1.82, 2.24) is 14.8 Å². The van der Waals surface area contributed by atoms with Crippen molar-refractivity contribution in [3.8, 4) is 6.07 Å². The topological polar surface area (TPSA) is 86.8 Å². The fourth-order valence-corrected chi connectivity index (χ4v) is 4.22. The van der Waals surface area contributed by atoms with Crippen molar-refractivity contribution in [2.45, 2.75) is 43.3 Å². The van der Waals surface area contributed by atoms with Crippen LogP contribution in [0.15, 0.2) is 29.4 Å². The van der Waals surface area contributed by atoms with E-state index < -0.39 is 0 Å². The van der Waals surface area contributed by atoms with Crippen LogP contribution in [-0.4, -0.2) is 39.5 Å². The highest BCUT2D eigenvalue weighted by Gasteiger charge is 2.32. The lowest BCUT2D eigenvalue weighted by molar-refractivity contribution is -0.115. The Bertz CT molecular complexity index is 863. The van der Waals surface area contributed by atoms with Crippen molar-refractivity contribution < 1.29 is 4.79 Å². The molecular weight excluding hydrogens is 360 g/mol. The third-order valence-corrected chi connectivity index (χ3v) is 5.73. The highest BCUT2D eigenvalue weighted by Crippen LogP contribution is 2.41. The van der Waals surface area contributed by atoms with E-state index in [9.17, 15) is 4.79 Å². The number of nitrogens with zero attached hydrogens (tertiary/aromatic N) is 5. The number of carbonyl (C=O) groups excluding carboxylic acids is 1. The molecule has 2 aliphatic rings. The van der Waals surface area contributed by atoms with Gasteiger partial charge in [-0.3, -0.25) is 9.36 Å². The summed E-state index contributed by atoms with van der Waals surface area (Å²) < 4.78 is 2.27. The molecule has 0 spiro atoms. The Morgan fingerprint density at radius 2 is 2.11 bits per heavy atom. The molecule has 2 fully saturated rings. The zero-order chi connectivity index (χ0) is 18.6. The summed E-state index contributed by atoms with van der Waals surface area (Å²) in [7, 11) is 0. The monoisotopic (exact) mass is 382 g/mol. The van der Waals surface area contributed by atoms with Crippen LogP contribution in [0.5, 0.6) is 0 Å². The van der Waals surface area contributed by atoms with Crippen molar-refractivity contribution in [2.24, 2.45) is 0 Å². The Hall–Kier alpha value is -2.53. The molecule has 2 aromatic rings. The Labute approximate surface area is 162 Å². The van der Waals surface area contributed by atoms with Gasteiger partial charge in [0.05, 0.1) is 11.6 Å². The summed E-state index contributed by atoms with van der Waals surface area (Å²) in [6, 6.07) is 9.54. The highest BCUT2D eigenvalue weighted by atomic mass is 32.2. The third kappa shape index (κ3) is 4.25. The lowest BCUT2D eigenvalue weighted by Crippen LogP contribution is -2.22. The van der Waals surface area contributed by atoms with E-state index in [1.807, 2.05) is 0 Å². The van der Waals surface area contributed by atoms with Crippen LogP contribution in [0.4, 0.5) is 11.6 Å². The molecule has 8 heteroatoms. The molecule has 0 radical (unpaired) electrons. The molecule has 1 saturated carbocycles. The van der Waals surface area contributed by atoms with E-state index in [1.165, 1.54) is 25.7 Å². The second kappa shape index (κ2) is 8.01. The molecule has 1 saturated heterocycles. The van der Waals surface area contributed by atoms with Gasteiger partial charge in [-0.15, -0.1) is 10.2 Å². The quantitative estimate of drug-likeness (QED) is 0.740. The van der Waals surface area contributed by atoms with Crippen molar-refractivity contribution in [1.29, 1.82) is 5.26 Å². The number of nitriles is 1. The van der Waals surface area contributed by atoms with Gasteiger partial charge in [-0.05, 0) is 43.9 Å². The van der Waals surface area contributed by atoms with E-state index in [0.29, 0.717) is 29.5 Å². The Kier molecular flexibility index (Phi) is 5.30. The van der Waals surface area contributed by atoms with Gasteiger partial charge in [0, 0.05) is 37.0 Å². The number of anilines is 2. The maximum absolute atomic E-state index is 12.2. The van der Waals surface area contributed by atoms with Crippen LogP contribution in [0.2, 0.25) is 0 Å².